The maximum absolute atomic E-state index is 5.98. The number of nitrogen functional groups attached to an aromatic ring is 1. The highest BCUT2D eigenvalue weighted by Gasteiger charge is 2.07. The van der Waals surface area contributed by atoms with Crippen LogP contribution >= 0.6 is 0 Å². The normalized spacial score (nSPS) is 11.1. The molecule has 1 aromatic rings. The van der Waals surface area contributed by atoms with Crippen molar-refractivity contribution in [2.45, 2.75) is 19.9 Å². The minimum absolute atomic E-state index is 0.652. The Morgan fingerprint density at radius 1 is 1.11 bits per heavy atom. The van der Waals surface area contributed by atoms with Crippen molar-refractivity contribution in [1.29, 1.82) is 0 Å². The first-order chi connectivity index (χ1) is 9.27. The Morgan fingerprint density at radius 2 is 1.89 bits per heavy atom. The zero-order chi connectivity index (χ0) is 13.9. The molecule has 108 valence electrons. The van der Waals surface area contributed by atoms with E-state index in [1.165, 1.54) is 5.56 Å². The molecule has 1 rings (SSSR count). The van der Waals surface area contributed by atoms with Gasteiger partial charge >= 0.3 is 0 Å². The third-order valence-corrected chi connectivity index (χ3v) is 2.97. The number of methoxy groups -OCH3 is 1. The number of benzene rings is 1. The van der Waals surface area contributed by atoms with Crippen molar-refractivity contribution >= 4 is 5.69 Å². The highest BCUT2D eigenvalue weighted by Crippen LogP contribution is 2.13. The van der Waals surface area contributed by atoms with Gasteiger partial charge in [-0.2, -0.15) is 0 Å². The van der Waals surface area contributed by atoms with Crippen LogP contribution in [0.3, 0.4) is 0 Å². The van der Waals surface area contributed by atoms with E-state index in [0.717, 1.165) is 38.3 Å². The first kappa shape index (κ1) is 16.0. The second-order valence-corrected chi connectivity index (χ2v) is 4.58. The molecule has 0 saturated carbocycles. The van der Waals surface area contributed by atoms with Crippen LogP contribution in [0.15, 0.2) is 24.3 Å². The number of hydrogen-bond donors (Lipinski definition) is 1. The fourth-order valence-electron chi connectivity index (χ4n) is 1.94. The van der Waals surface area contributed by atoms with Crippen molar-refractivity contribution in [2.24, 2.45) is 0 Å². The summed E-state index contributed by atoms with van der Waals surface area (Å²) in [4.78, 5) is 2.37. The molecule has 2 N–H and O–H groups in total. The van der Waals surface area contributed by atoms with Crippen LogP contribution in [0.1, 0.15) is 18.9 Å². The highest BCUT2D eigenvalue weighted by molar-refractivity contribution is 5.46. The predicted molar refractivity (Wildman–Crippen MR) is 79.1 cm³/mol. The summed E-state index contributed by atoms with van der Waals surface area (Å²) in [5.41, 5.74) is 8.04. The molecule has 0 aromatic heterocycles. The van der Waals surface area contributed by atoms with E-state index >= 15 is 0 Å². The zero-order valence-corrected chi connectivity index (χ0v) is 12.1. The molecule has 0 heterocycles. The molecule has 0 unspecified atom stereocenters. The summed E-state index contributed by atoms with van der Waals surface area (Å²) in [6, 6.07) is 8.04. The van der Waals surface area contributed by atoms with Crippen molar-refractivity contribution < 1.29 is 9.47 Å². The van der Waals surface area contributed by atoms with Crippen LogP contribution in [0.25, 0.3) is 0 Å². The van der Waals surface area contributed by atoms with Crippen molar-refractivity contribution in [3.05, 3.63) is 29.8 Å². The number of rotatable bonds is 10. The number of ether oxygens (including phenoxy) is 2. The molecular formula is C15H26N2O2. The van der Waals surface area contributed by atoms with E-state index in [9.17, 15) is 0 Å². The van der Waals surface area contributed by atoms with Crippen LogP contribution in [0.4, 0.5) is 5.69 Å². The topological polar surface area (TPSA) is 47.7 Å². The summed E-state index contributed by atoms with van der Waals surface area (Å²) in [6.07, 6.45) is 1.13. The summed E-state index contributed by atoms with van der Waals surface area (Å²) in [6.45, 7) is 7.09. The van der Waals surface area contributed by atoms with Gasteiger partial charge in [0.1, 0.15) is 0 Å². The Balaban J connectivity index is 2.37. The van der Waals surface area contributed by atoms with E-state index in [1.54, 1.807) is 7.11 Å². The fraction of sp³-hybridized carbons (Fsp3) is 0.600. The lowest BCUT2D eigenvalue weighted by Crippen LogP contribution is -2.28. The van der Waals surface area contributed by atoms with Gasteiger partial charge in [0.15, 0.2) is 0 Å². The lowest BCUT2D eigenvalue weighted by Gasteiger charge is -2.22. The minimum atomic E-state index is 0.652. The van der Waals surface area contributed by atoms with Crippen LogP contribution in [0.5, 0.6) is 0 Å². The van der Waals surface area contributed by atoms with Crippen LogP contribution in [0.2, 0.25) is 0 Å². The van der Waals surface area contributed by atoms with Crippen LogP contribution in [0, 0.1) is 0 Å². The van der Waals surface area contributed by atoms with Gasteiger partial charge in [0.05, 0.1) is 19.8 Å². The first-order valence-corrected chi connectivity index (χ1v) is 6.90. The van der Waals surface area contributed by atoms with Crippen molar-refractivity contribution in [1.82, 2.24) is 4.90 Å². The van der Waals surface area contributed by atoms with E-state index in [2.05, 4.69) is 17.9 Å². The summed E-state index contributed by atoms with van der Waals surface area (Å²) in [7, 11) is 1.69. The average Bonchev–Trinajstić information content (AvgIpc) is 2.41. The molecule has 0 aliphatic carbocycles. The molecule has 19 heavy (non-hydrogen) atoms. The van der Waals surface area contributed by atoms with Gasteiger partial charge in [0.2, 0.25) is 0 Å². The number of hydrogen-bond acceptors (Lipinski definition) is 4. The fourth-order valence-corrected chi connectivity index (χ4v) is 1.94. The number of para-hydroxylation sites is 1. The third kappa shape index (κ3) is 6.57. The number of nitrogens with zero attached hydrogens (tertiary/aromatic N) is 1. The second-order valence-electron chi connectivity index (χ2n) is 4.58. The van der Waals surface area contributed by atoms with Gasteiger partial charge in [-0.1, -0.05) is 25.1 Å². The molecule has 4 heteroatoms. The van der Waals surface area contributed by atoms with Gasteiger partial charge in [-0.05, 0) is 24.6 Å². The lowest BCUT2D eigenvalue weighted by atomic mass is 10.1. The summed E-state index contributed by atoms with van der Waals surface area (Å²) >= 11 is 0. The molecule has 0 radical (unpaired) electrons. The number of nitrogens with two attached hydrogens (primary N) is 1. The van der Waals surface area contributed by atoms with Gasteiger partial charge in [-0.25, -0.2) is 0 Å². The maximum atomic E-state index is 5.98. The quantitative estimate of drug-likeness (QED) is 0.521. The molecule has 0 atom stereocenters. The highest BCUT2D eigenvalue weighted by atomic mass is 16.5. The first-order valence-electron chi connectivity index (χ1n) is 6.90. The molecule has 0 saturated heterocycles. The van der Waals surface area contributed by atoms with E-state index in [-0.39, 0.29) is 0 Å². The molecule has 0 fully saturated rings. The van der Waals surface area contributed by atoms with E-state index < -0.39 is 0 Å². The van der Waals surface area contributed by atoms with E-state index in [1.807, 2.05) is 18.2 Å². The van der Waals surface area contributed by atoms with E-state index in [0.29, 0.717) is 13.2 Å². The number of anilines is 1. The SMILES string of the molecule is CCCN(CCOCCOC)Cc1ccccc1N. The van der Waals surface area contributed by atoms with E-state index in [4.69, 9.17) is 15.2 Å². The smallest absolute Gasteiger partial charge is 0.0700 e. The summed E-state index contributed by atoms with van der Waals surface area (Å²) < 4.78 is 10.5. The van der Waals surface area contributed by atoms with Crippen molar-refractivity contribution in [3.8, 4) is 0 Å². The Kier molecular flexibility index (Phi) is 8.21. The Morgan fingerprint density at radius 3 is 2.58 bits per heavy atom. The lowest BCUT2D eigenvalue weighted by molar-refractivity contribution is 0.0560. The van der Waals surface area contributed by atoms with Crippen molar-refractivity contribution in [2.75, 3.05) is 45.8 Å². The van der Waals surface area contributed by atoms with Gasteiger partial charge in [0.25, 0.3) is 0 Å². The minimum Gasteiger partial charge on any atom is -0.398 e. The molecule has 4 nitrogen and oxygen atoms in total. The van der Waals surface area contributed by atoms with Gasteiger partial charge < -0.3 is 15.2 Å². The standard InChI is InChI=1S/C15H26N2O2/c1-3-8-17(9-10-19-12-11-18-2)13-14-6-4-5-7-15(14)16/h4-7H,3,8-13,16H2,1-2H3. The van der Waals surface area contributed by atoms with Gasteiger partial charge in [-0.3, -0.25) is 4.90 Å². The van der Waals surface area contributed by atoms with Gasteiger partial charge in [-0.15, -0.1) is 0 Å². The molecule has 0 bridgehead atoms. The Labute approximate surface area is 116 Å². The molecule has 0 spiro atoms. The van der Waals surface area contributed by atoms with Crippen LogP contribution in [-0.4, -0.2) is 44.9 Å². The van der Waals surface area contributed by atoms with Gasteiger partial charge in [0, 0.05) is 25.9 Å². The van der Waals surface area contributed by atoms with Crippen LogP contribution in [-0.2, 0) is 16.0 Å². The average molecular weight is 266 g/mol. The zero-order valence-electron chi connectivity index (χ0n) is 12.1. The Bertz CT molecular complexity index is 345. The molecule has 0 aliphatic rings. The predicted octanol–water partition coefficient (Wildman–Crippen LogP) is 2.14. The second kappa shape index (κ2) is 9.78. The van der Waals surface area contributed by atoms with Crippen LogP contribution < -0.4 is 5.73 Å². The molecule has 1 aromatic carbocycles. The molecule has 0 aliphatic heterocycles. The monoisotopic (exact) mass is 266 g/mol. The third-order valence-electron chi connectivity index (χ3n) is 2.97. The largest absolute Gasteiger partial charge is 0.398 e. The summed E-state index contributed by atoms with van der Waals surface area (Å²) in [5.74, 6) is 0. The maximum Gasteiger partial charge on any atom is 0.0700 e. The Hall–Kier alpha value is -1.10. The molecule has 0 amide bonds. The van der Waals surface area contributed by atoms with Crippen molar-refractivity contribution in [3.63, 3.8) is 0 Å². The molecular weight excluding hydrogens is 240 g/mol. The summed E-state index contributed by atoms with van der Waals surface area (Å²) in [5, 5.41) is 0.